The maximum absolute atomic E-state index is 14.3. The molecule has 1 saturated heterocycles. The molecule has 2 atom stereocenters. The Balaban J connectivity index is 1.35. The monoisotopic (exact) mass is 709 g/mol. The quantitative estimate of drug-likeness (QED) is 0.188. The molecule has 1 saturated carbocycles. The number of pyridine rings is 1. The molecule has 3 aromatic rings. The molecule has 0 radical (unpaired) electrons. The molecule has 1 aliphatic heterocycles. The molecule has 274 valence electrons. The average molecular weight is 710 g/mol. The van der Waals surface area contributed by atoms with E-state index in [1.165, 1.54) is 18.3 Å². The molecular formula is C40H47F4N3O4. The molecule has 1 aromatic heterocycles. The Morgan fingerprint density at radius 1 is 1.02 bits per heavy atom. The van der Waals surface area contributed by atoms with Crippen molar-refractivity contribution in [3.05, 3.63) is 91.6 Å². The molecule has 1 spiro atoms. The Labute approximate surface area is 296 Å². The molecule has 2 N–H and O–H groups in total. The predicted octanol–water partition coefficient (Wildman–Crippen LogP) is 7.73. The molecule has 6 rings (SSSR count). The minimum Gasteiger partial charge on any atom is -0.481 e. The zero-order chi connectivity index (χ0) is 36.8. The number of aliphatic carboxylic acids is 1. The summed E-state index contributed by atoms with van der Waals surface area (Å²) >= 11 is 0. The van der Waals surface area contributed by atoms with E-state index in [1.807, 2.05) is 39.8 Å². The van der Waals surface area contributed by atoms with Crippen molar-refractivity contribution in [1.29, 1.82) is 0 Å². The van der Waals surface area contributed by atoms with Crippen LogP contribution in [0.15, 0.2) is 41.3 Å². The number of likely N-dealkylation sites (tertiary alicyclic amines) is 1. The van der Waals surface area contributed by atoms with E-state index in [9.17, 15) is 37.1 Å². The molecule has 1 amide bonds. The number of halogens is 4. The van der Waals surface area contributed by atoms with Gasteiger partial charge in [-0.3, -0.25) is 14.4 Å². The van der Waals surface area contributed by atoms with Gasteiger partial charge in [0.05, 0.1) is 18.0 Å². The molecule has 3 aliphatic rings. The SMILES string of the molecule is Cc1cc(F)cc(C)c1-c1cc([C@@H](CC(=O)O)NC(=O)[C@H](CC(C)C)n2cc(CCN3CCC4(CC4)C3)c(C(F)(F)F)cc2=O)cc2c1CCC2. The summed E-state index contributed by atoms with van der Waals surface area (Å²) in [5, 5.41) is 12.9. The number of hydrogen-bond donors (Lipinski definition) is 2. The van der Waals surface area contributed by atoms with Crippen LogP contribution in [0, 0.1) is 31.0 Å². The Morgan fingerprint density at radius 3 is 2.33 bits per heavy atom. The van der Waals surface area contributed by atoms with Crippen molar-refractivity contribution in [2.45, 2.75) is 104 Å². The number of hydrogen-bond acceptors (Lipinski definition) is 4. The largest absolute Gasteiger partial charge is 0.481 e. The summed E-state index contributed by atoms with van der Waals surface area (Å²) in [5.41, 5.74) is 4.25. The van der Waals surface area contributed by atoms with Gasteiger partial charge in [-0.2, -0.15) is 13.2 Å². The number of carbonyl (C=O) groups excluding carboxylic acids is 1. The summed E-state index contributed by atoms with van der Waals surface area (Å²) in [4.78, 5) is 42.0. The number of amides is 1. The van der Waals surface area contributed by atoms with Crippen LogP contribution in [-0.2, 0) is 35.0 Å². The predicted molar refractivity (Wildman–Crippen MR) is 187 cm³/mol. The number of nitrogens with zero attached hydrogens (tertiary/aromatic N) is 2. The van der Waals surface area contributed by atoms with Crippen LogP contribution in [0.3, 0.4) is 0 Å². The van der Waals surface area contributed by atoms with Gasteiger partial charge in [-0.05, 0) is 146 Å². The third-order valence-electron chi connectivity index (χ3n) is 11.1. The second-order valence-corrected chi connectivity index (χ2v) is 15.5. The van der Waals surface area contributed by atoms with E-state index in [0.29, 0.717) is 23.6 Å². The highest BCUT2D eigenvalue weighted by molar-refractivity contribution is 5.82. The van der Waals surface area contributed by atoms with E-state index >= 15 is 0 Å². The average Bonchev–Trinajstić information content (AvgIpc) is 3.41. The van der Waals surface area contributed by atoms with Crippen molar-refractivity contribution >= 4 is 11.9 Å². The highest BCUT2D eigenvalue weighted by atomic mass is 19.4. The van der Waals surface area contributed by atoms with Gasteiger partial charge in [0.25, 0.3) is 5.56 Å². The van der Waals surface area contributed by atoms with Gasteiger partial charge >= 0.3 is 12.1 Å². The Morgan fingerprint density at radius 2 is 1.73 bits per heavy atom. The van der Waals surface area contributed by atoms with Crippen LogP contribution in [0.4, 0.5) is 17.6 Å². The van der Waals surface area contributed by atoms with Crippen molar-refractivity contribution in [3.63, 3.8) is 0 Å². The first-order valence-corrected chi connectivity index (χ1v) is 18.0. The topological polar surface area (TPSA) is 91.6 Å². The lowest BCUT2D eigenvalue weighted by molar-refractivity contribution is -0.139. The first-order chi connectivity index (χ1) is 24.0. The maximum atomic E-state index is 14.3. The fourth-order valence-corrected chi connectivity index (χ4v) is 8.36. The fourth-order valence-electron chi connectivity index (χ4n) is 8.36. The molecule has 0 unspecified atom stereocenters. The van der Waals surface area contributed by atoms with E-state index in [0.717, 1.165) is 89.6 Å². The van der Waals surface area contributed by atoms with Crippen molar-refractivity contribution in [1.82, 2.24) is 14.8 Å². The number of nitrogens with one attached hydrogen (secondary N) is 1. The van der Waals surface area contributed by atoms with Gasteiger partial charge in [-0.15, -0.1) is 0 Å². The number of aromatic nitrogens is 1. The lowest BCUT2D eigenvalue weighted by Gasteiger charge is -2.27. The number of benzene rings is 2. The highest BCUT2D eigenvalue weighted by Crippen LogP contribution is 2.52. The Hall–Kier alpha value is -3.99. The van der Waals surface area contributed by atoms with E-state index < -0.39 is 47.7 Å². The summed E-state index contributed by atoms with van der Waals surface area (Å²) in [6.07, 6.45) is 2.03. The summed E-state index contributed by atoms with van der Waals surface area (Å²) in [6.45, 7) is 9.47. The molecular weight excluding hydrogens is 662 g/mol. The number of alkyl halides is 3. The fraction of sp³-hybridized carbons (Fsp3) is 0.525. The summed E-state index contributed by atoms with van der Waals surface area (Å²) in [5.74, 6) is -2.26. The molecule has 11 heteroatoms. The normalized spacial score (nSPS) is 17.9. The summed E-state index contributed by atoms with van der Waals surface area (Å²) < 4.78 is 58.1. The first kappa shape index (κ1) is 36.8. The molecule has 0 bridgehead atoms. The molecule has 51 heavy (non-hydrogen) atoms. The van der Waals surface area contributed by atoms with Crippen LogP contribution < -0.4 is 10.9 Å². The van der Waals surface area contributed by atoms with Gasteiger partial charge < -0.3 is 19.9 Å². The van der Waals surface area contributed by atoms with E-state index in [-0.39, 0.29) is 30.1 Å². The minimum absolute atomic E-state index is 0.0456. The number of rotatable bonds is 12. The zero-order valence-corrected chi connectivity index (χ0v) is 29.8. The lowest BCUT2D eigenvalue weighted by atomic mass is 9.87. The van der Waals surface area contributed by atoms with Crippen LogP contribution in [0.2, 0.25) is 0 Å². The number of carboxylic acid groups (broad SMARTS) is 1. The van der Waals surface area contributed by atoms with Crippen LogP contribution in [0.25, 0.3) is 11.1 Å². The number of carboxylic acids is 1. The van der Waals surface area contributed by atoms with Gasteiger partial charge in [0, 0.05) is 25.4 Å². The van der Waals surface area contributed by atoms with Crippen LogP contribution in [0.5, 0.6) is 0 Å². The number of carbonyl (C=O) groups is 2. The molecule has 2 aliphatic carbocycles. The Bertz CT molecular complexity index is 1870. The van der Waals surface area contributed by atoms with E-state index in [2.05, 4.69) is 10.2 Å². The summed E-state index contributed by atoms with van der Waals surface area (Å²) in [6, 6.07) is 5.14. The third-order valence-corrected chi connectivity index (χ3v) is 11.1. The third kappa shape index (κ3) is 8.08. The van der Waals surface area contributed by atoms with Gasteiger partial charge in [0.15, 0.2) is 0 Å². The van der Waals surface area contributed by atoms with Crippen molar-refractivity contribution in [2.24, 2.45) is 11.3 Å². The van der Waals surface area contributed by atoms with Crippen LogP contribution in [-0.4, -0.2) is 46.1 Å². The zero-order valence-electron chi connectivity index (χ0n) is 29.8. The Kier molecular flexibility index (Phi) is 10.2. The second kappa shape index (κ2) is 14.2. The number of fused-ring (bicyclic) bond motifs is 1. The van der Waals surface area contributed by atoms with Gasteiger partial charge in [0.1, 0.15) is 11.9 Å². The highest BCUT2D eigenvalue weighted by Gasteiger charge is 2.47. The van der Waals surface area contributed by atoms with E-state index in [1.54, 1.807) is 0 Å². The van der Waals surface area contributed by atoms with Crippen LogP contribution in [0.1, 0.15) is 103 Å². The second-order valence-electron chi connectivity index (χ2n) is 15.5. The van der Waals surface area contributed by atoms with E-state index in [4.69, 9.17) is 0 Å². The maximum Gasteiger partial charge on any atom is 0.416 e. The van der Waals surface area contributed by atoms with Crippen molar-refractivity contribution < 1.29 is 32.3 Å². The molecule has 2 aromatic carbocycles. The van der Waals surface area contributed by atoms with Gasteiger partial charge in [-0.1, -0.05) is 19.9 Å². The molecule has 7 nitrogen and oxygen atoms in total. The lowest BCUT2D eigenvalue weighted by Crippen LogP contribution is -2.40. The molecule has 2 fully saturated rings. The standard InChI is InChI=1S/C40H47F4N3O4/c1-23(2)14-34(47-21-27(32(19-35(47)48)40(42,43)44)8-12-46-13-11-39(22-46)9-10-39)38(51)45-33(20-36(49)50)28-17-26-6-5-7-30(26)31(18-28)37-24(3)15-29(41)16-25(37)4/h15-19,21,23,33-34H,5-14,20,22H2,1-4H3,(H,45,51)(H,49,50)/t33-,34+/m1/s1. The van der Waals surface area contributed by atoms with Crippen LogP contribution >= 0.6 is 0 Å². The van der Waals surface area contributed by atoms with Gasteiger partial charge in [0.2, 0.25) is 5.91 Å². The summed E-state index contributed by atoms with van der Waals surface area (Å²) in [7, 11) is 0. The smallest absolute Gasteiger partial charge is 0.416 e. The number of aryl methyl sites for hydroxylation is 3. The van der Waals surface area contributed by atoms with Crippen molar-refractivity contribution in [2.75, 3.05) is 19.6 Å². The van der Waals surface area contributed by atoms with Crippen molar-refractivity contribution in [3.8, 4) is 11.1 Å². The first-order valence-electron chi connectivity index (χ1n) is 18.0. The minimum atomic E-state index is -4.74. The molecule has 2 heterocycles. The van der Waals surface area contributed by atoms with Gasteiger partial charge in [-0.25, -0.2) is 4.39 Å².